The highest BCUT2D eigenvalue weighted by atomic mass is 16.5. The molecular weight excluding hydrogens is 242 g/mol. The van der Waals surface area contributed by atoms with Crippen molar-refractivity contribution in [2.75, 3.05) is 27.9 Å². The lowest BCUT2D eigenvalue weighted by molar-refractivity contribution is 0.117. The molecule has 0 bridgehead atoms. The van der Waals surface area contributed by atoms with Gasteiger partial charge >= 0.3 is 0 Å². The Morgan fingerprint density at radius 3 is 2.63 bits per heavy atom. The predicted molar refractivity (Wildman–Crippen MR) is 74.9 cm³/mol. The summed E-state index contributed by atoms with van der Waals surface area (Å²) in [7, 11) is 5.36. The molecule has 0 aliphatic carbocycles. The number of hydrogen-bond acceptors (Lipinski definition) is 4. The van der Waals surface area contributed by atoms with Crippen LogP contribution in [0, 0.1) is 5.92 Å². The monoisotopic (exact) mass is 265 g/mol. The van der Waals surface area contributed by atoms with Gasteiger partial charge in [0.25, 0.3) is 0 Å². The average molecular weight is 265 g/mol. The summed E-state index contributed by atoms with van der Waals surface area (Å²) in [6.45, 7) is 2.91. The van der Waals surface area contributed by atoms with Gasteiger partial charge in [-0.15, -0.1) is 0 Å². The first-order valence-electron chi connectivity index (χ1n) is 6.70. The Kier molecular flexibility index (Phi) is 4.66. The molecule has 3 unspecified atom stereocenters. The van der Waals surface area contributed by atoms with E-state index >= 15 is 0 Å². The molecular formula is C15H23NO3. The van der Waals surface area contributed by atoms with Crippen LogP contribution in [0.5, 0.6) is 11.5 Å². The second-order valence-corrected chi connectivity index (χ2v) is 5.01. The van der Waals surface area contributed by atoms with Gasteiger partial charge in [-0.25, -0.2) is 0 Å². The molecule has 1 aliphatic rings. The van der Waals surface area contributed by atoms with E-state index in [-0.39, 0.29) is 6.04 Å². The van der Waals surface area contributed by atoms with Crippen molar-refractivity contribution >= 4 is 0 Å². The van der Waals surface area contributed by atoms with E-state index in [1.807, 2.05) is 25.2 Å². The van der Waals surface area contributed by atoms with E-state index < -0.39 is 0 Å². The third-order valence-corrected chi connectivity index (χ3v) is 3.78. The summed E-state index contributed by atoms with van der Waals surface area (Å²) >= 11 is 0. The molecule has 0 aromatic heterocycles. The summed E-state index contributed by atoms with van der Waals surface area (Å²) in [5.74, 6) is 2.20. The molecule has 4 nitrogen and oxygen atoms in total. The second kappa shape index (κ2) is 6.26. The molecule has 1 aromatic rings. The minimum Gasteiger partial charge on any atom is -0.497 e. The van der Waals surface area contributed by atoms with Gasteiger partial charge in [0.1, 0.15) is 11.5 Å². The van der Waals surface area contributed by atoms with Gasteiger partial charge in [0, 0.05) is 17.5 Å². The van der Waals surface area contributed by atoms with E-state index in [0.29, 0.717) is 12.0 Å². The zero-order valence-electron chi connectivity index (χ0n) is 12.1. The van der Waals surface area contributed by atoms with E-state index in [9.17, 15) is 0 Å². The lowest BCUT2D eigenvalue weighted by atomic mass is 9.90. The lowest BCUT2D eigenvalue weighted by Crippen LogP contribution is -2.26. The molecule has 0 radical (unpaired) electrons. The van der Waals surface area contributed by atoms with Gasteiger partial charge < -0.3 is 19.5 Å². The Hall–Kier alpha value is -1.26. The van der Waals surface area contributed by atoms with Crippen LogP contribution in [-0.4, -0.2) is 34.0 Å². The minimum absolute atomic E-state index is 0.218. The third-order valence-electron chi connectivity index (χ3n) is 3.78. The van der Waals surface area contributed by atoms with Crippen molar-refractivity contribution in [1.29, 1.82) is 0 Å². The first-order chi connectivity index (χ1) is 9.19. The first-order valence-corrected chi connectivity index (χ1v) is 6.70. The summed E-state index contributed by atoms with van der Waals surface area (Å²) in [6.07, 6.45) is 1.39. The molecule has 1 saturated heterocycles. The molecule has 3 atom stereocenters. The molecule has 1 N–H and O–H groups in total. The Morgan fingerprint density at radius 2 is 2.11 bits per heavy atom. The molecule has 4 heteroatoms. The standard InChI is InChI=1S/C15H23NO3/c1-10-7-11(9-19-10)15(16-2)13-8-12(17-3)5-6-14(13)18-4/h5-6,8,10-11,15-16H,7,9H2,1-4H3. The fraction of sp³-hybridized carbons (Fsp3) is 0.600. The van der Waals surface area contributed by atoms with Crippen LogP contribution in [0.4, 0.5) is 0 Å². The maximum Gasteiger partial charge on any atom is 0.123 e. The van der Waals surface area contributed by atoms with E-state index in [1.165, 1.54) is 0 Å². The molecule has 0 saturated carbocycles. The highest BCUT2D eigenvalue weighted by Gasteiger charge is 2.31. The first kappa shape index (κ1) is 14.2. The fourth-order valence-corrected chi connectivity index (χ4v) is 2.81. The molecule has 1 fully saturated rings. The molecule has 2 rings (SSSR count). The smallest absolute Gasteiger partial charge is 0.123 e. The van der Waals surface area contributed by atoms with Crippen LogP contribution >= 0.6 is 0 Å². The van der Waals surface area contributed by atoms with Crippen molar-refractivity contribution in [3.63, 3.8) is 0 Å². The van der Waals surface area contributed by atoms with Crippen LogP contribution in [0.3, 0.4) is 0 Å². The quantitative estimate of drug-likeness (QED) is 0.887. The minimum atomic E-state index is 0.218. The van der Waals surface area contributed by atoms with Crippen LogP contribution in [-0.2, 0) is 4.74 Å². The highest BCUT2D eigenvalue weighted by Crippen LogP contribution is 2.37. The zero-order valence-corrected chi connectivity index (χ0v) is 12.1. The van der Waals surface area contributed by atoms with Gasteiger partial charge in [-0.3, -0.25) is 0 Å². The summed E-state index contributed by atoms with van der Waals surface area (Å²) in [5.41, 5.74) is 1.13. The Balaban J connectivity index is 2.30. The van der Waals surface area contributed by atoms with Crippen LogP contribution in [0.25, 0.3) is 0 Å². The van der Waals surface area contributed by atoms with Gasteiger partial charge in [0.2, 0.25) is 0 Å². The normalized spacial score (nSPS) is 24.2. The fourth-order valence-electron chi connectivity index (χ4n) is 2.81. The Labute approximate surface area is 115 Å². The van der Waals surface area contributed by atoms with Crippen molar-refractivity contribution in [3.8, 4) is 11.5 Å². The topological polar surface area (TPSA) is 39.7 Å². The molecule has 106 valence electrons. The number of benzene rings is 1. The maximum atomic E-state index is 5.69. The highest BCUT2D eigenvalue weighted by molar-refractivity contribution is 5.42. The van der Waals surface area contributed by atoms with E-state index in [2.05, 4.69) is 12.2 Å². The largest absolute Gasteiger partial charge is 0.497 e. The number of hydrogen-bond donors (Lipinski definition) is 1. The van der Waals surface area contributed by atoms with Gasteiger partial charge in [-0.2, -0.15) is 0 Å². The molecule has 1 heterocycles. The summed E-state index contributed by atoms with van der Waals surface area (Å²) in [4.78, 5) is 0. The van der Waals surface area contributed by atoms with Crippen LogP contribution in [0.1, 0.15) is 24.9 Å². The van der Waals surface area contributed by atoms with Gasteiger partial charge in [0.15, 0.2) is 0 Å². The molecule has 1 aliphatic heterocycles. The third kappa shape index (κ3) is 3.01. The van der Waals surface area contributed by atoms with Gasteiger partial charge in [-0.1, -0.05) is 0 Å². The number of nitrogens with one attached hydrogen (secondary N) is 1. The van der Waals surface area contributed by atoms with Crippen molar-refractivity contribution in [2.45, 2.75) is 25.5 Å². The zero-order chi connectivity index (χ0) is 13.8. The predicted octanol–water partition coefficient (Wildman–Crippen LogP) is 2.39. The summed E-state index contributed by atoms with van der Waals surface area (Å²) in [5, 5.41) is 3.39. The van der Waals surface area contributed by atoms with Crippen LogP contribution in [0.2, 0.25) is 0 Å². The van der Waals surface area contributed by atoms with Gasteiger partial charge in [-0.05, 0) is 38.6 Å². The number of methoxy groups -OCH3 is 2. The second-order valence-electron chi connectivity index (χ2n) is 5.01. The Bertz CT molecular complexity index is 422. The van der Waals surface area contributed by atoms with Crippen LogP contribution in [0.15, 0.2) is 18.2 Å². The van der Waals surface area contributed by atoms with Crippen LogP contribution < -0.4 is 14.8 Å². The van der Waals surface area contributed by atoms with Crippen molar-refractivity contribution in [1.82, 2.24) is 5.32 Å². The molecule has 19 heavy (non-hydrogen) atoms. The SMILES string of the molecule is CNC(c1cc(OC)ccc1OC)C1COC(C)C1. The molecule has 0 spiro atoms. The number of ether oxygens (including phenoxy) is 3. The Morgan fingerprint density at radius 1 is 1.32 bits per heavy atom. The maximum absolute atomic E-state index is 5.69. The van der Waals surface area contributed by atoms with E-state index in [4.69, 9.17) is 14.2 Å². The summed E-state index contributed by atoms with van der Waals surface area (Å²) < 4.78 is 16.5. The van der Waals surface area contributed by atoms with Gasteiger partial charge in [0.05, 0.1) is 26.9 Å². The summed E-state index contributed by atoms with van der Waals surface area (Å²) in [6, 6.07) is 6.14. The number of rotatable bonds is 5. The van der Waals surface area contributed by atoms with Crippen molar-refractivity contribution < 1.29 is 14.2 Å². The molecule has 0 amide bonds. The van der Waals surface area contributed by atoms with E-state index in [0.717, 1.165) is 30.1 Å². The van der Waals surface area contributed by atoms with Crippen molar-refractivity contribution in [2.24, 2.45) is 5.92 Å². The van der Waals surface area contributed by atoms with E-state index in [1.54, 1.807) is 14.2 Å². The van der Waals surface area contributed by atoms with Crippen molar-refractivity contribution in [3.05, 3.63) is 23.8 Å². The molecule has 1 aromatic carbocycles. The lowest BCUT2D eigenvalue weighted by Gasteiger charge is -2.24. The average Bonchev–Trinajstić information content (AvgIpc) is 2.86.